The lowest BCUT2D eigenvalue weighted by molar-refractivity contribution is 0.653. The van der Waals surface area contributed by atoms with Crippen LogP contribution >= 0.6 is 38.1 Å². The quantitative estimate of drug-likeness (QED) is 0.433. The van der Waals surface area contributed by atoms with E-state index in [0.717, 1.165) is 0 Å². The van der Waals surface area contributed by atoms with Gasteiger partial charge in [-0.1, -0.05) is 0 Å². The Labute approximate surface area is 45.9 Å². The normalized spacial score (nSPS) is 8.40. The molecule has 0 radical (unpaired) electrons. The molecule has 0 heterocycles. The van der Waals surface area contributed by atoms with Crippen LogP contribution in [-0.4, -0.2) is 0 Å². The van der Waals surface area contributed by atoms with Gasteiger partial charge in [0.2, 0.25) is 0 Å². The molecule has 0 atom stereocenters. The van der Waals surface area contributed by atoms with Crippen LogP contribution in [0.2, 0.25) is 0 Å². The fourth-order valence-corrected chi connectivity index (χ4v) is 0.367. The summed E-state index contributed by atoms with van der Waals surface area (Å²) in [6, 6.07) is 0. The summed E-state index contributed by atoms with van der Waals surface area (Å²) in [5.74, 6) is 0. The SMILES string of the molecule is SOSOS. The molecule has 2 nitrogen and oxygen atoms in total. The molecule has 0 N–H and O–H groups in total. The van der Waals surface area contributed by atoms with Gasteiger partial charge in [-0.15, -0.1) is 0 Å². The van der Waals surface area contributed by atoms with E-state index in [-0.39, 0.29) is 0 Å². The molecule has 0 amide bonds. The van der Waals surface area contributed by atoms with E-state index in [4.69, 9.17) is 0 Å². The number of hydrogen-bond acceptors (Lipinski definition) is 5. The van der Waals surface area contributed by atoms with Crippen LogP contribution in [0.15, 0.2) is 0 Å². The number of hydrogen-bond donors (Lipinski definition) is 2. The highest BCUT2D eigenvalue weighted by atomic mass is 32.3. The zero-order chi connectivity index (χ0) is 4.12. The first-order chi connectivity index (χ1) is 2.41. The van der Waals surface area contributed by atoms with Crippen LogP contribution in [0.25, 0.3) is 0 Å². The second-order valence-electron chi connectivity index (χ2n) is 0.217. The zero-order valence-electron chi connectivity index (χ0n) is 2.12. The largest absolute Gasteiger partial charge is 0.222 e. The fourth-order valence-electron chi connectivity index (χ4n) is 0.0136. The van der Waals surface area contributed by atoms with Gasteiger partial charge in [0.05, 0.1) is 0 Å². The van der Waals surface area contributed by atoms with Crippen molar-refractivity contribution in [2.24, 2.45) is 0 Å². The summed E-state index contributed by atoms with van der Waals surface area (Å²) >= 11 is 7.27. The van der Waals surface area contributed by atoms with Gasteiger partial charge in [0, 0.05) is 0 Å². The van der Waals surface area contributed by atoms with E-state index in [0.29, 0.717) is 12.3 Å². The highest BCUT2D eigenvalue weighted by Crippen LogP contribution is 2.06. The Balaban J connectivity index is 2.19. The summed E-state index contributed by atoms with van der Waals surface area (Å²) in [6.07, 6.45) is 0. The highest BCUT2D eigenvalue weighted by molar-refractivity contribution is 8.03. The summed E-state index contributed by atoms with van der Waals surface area (Å²) in [5, 5.41) is 0. The third-order valence-electron chi connectivity index (χ3n) is 0.0609. The fraction of sp³-hybridized carbons (Fsp3) is 0. The summed E-state index contributed by atoms with van der Waals surface area (Å²) in [7, 11) is 0. The smallest absolute Gasteiger partial charge is 0.183 e. The first-order valence-electron chi connectivity index (χ1n) is 0.698. The van der Waals surface area contributed by atoms with E-state index < -0.39 is 0 Å². The molecule has 0 unspecified atom stereocenters. The van der Waals surface area contributed by atoms with Crippen LogP contribution < -0.4 is 0 Å². The average Bonchev–Trinajstić information content (AvgIpc) is 1.41. The molecule has 0 aromatic rings. The third kappa shape index (κ3) is 4.97. The van der Waals surface area contributed by atoms with Gasteiger partial charge in [0.1, 0.15) is 0 Å². The Morgan fingerprint density at radius 3 is 1.60 bits per heavy atom. The molecule has 0 spiro atoms. The minimum atomic E-state index is 0.691. The average molecular weight is 130 g/mol. The minimum Gasteiger partial charge on any atom is -0.222 e. The van der Waals surface area contributed by atoms with E-state index >= 15 is 0 Å². The van der Waals surface area contributed by atoms with Crippen LogP contribution in [-0.2, 0) is 7.26 Å². The molecule has 5 heteroatoms. The predicted molar refractivity (Wildman–Crippen MR) is 27.7 cm³/mol. The molecule has 5 heavy (non-hydrogen) atoms. The maximum absolute atomic E-state index is 4.00. The van der Waals surface area contributed by atoms with Crippen molar-refractivity contribution in [2.45, 2.75) is 0 Å². The second kappa shape index (κ2) is 4.97. The zero-order valence-corrected chi connectivity index (χ0v) is 4.72. The standard InChI is InChI=1S/H2O2S3/c3-1-5-2-4/h3-4H. The highest BCUT2D eigenvalue weighted by Gasteiger charge is 1.69. The molecule has 0 bridgehead atoms. The lowest BCUT2D eigenvalue weighted by Crippen LogP contribution is -1.48. The molecule has 0 aliphatic carbocycles. The topological polar surface area (TPSA) is 18.5 Å². The molecule has 32 valence electrons. The summed E-state index contributed by atoms with van der Waals surface area (Å²) in [5.41, 5.74) is 0. The van der Waals surface area contributed by atoms with E-state index in [9.17, 15) is 0 Å². The molecule has 0 saturated carbocycles. The van der Waals surface area contributed by atoms with Gasteiger partial charge >= 0.3 is 0 Å². The Morgan fingerprint density at radius 2 is 1.60 bits per heavy atom. The number of thiol groups is 2. The van der Waals surface area contributed by atoms with Crippen molar-refractivity contribution in [1.29, 1.82) is 0 Å². The lowest BCUT2D eigenvalue weighted by Gasteiger charge is -1.79. The molecule has 0 aromatic heterocycles. The van der Waals surface area contributed by atoms with Crippen molar-refractivity contribution < 1.29 is 7.26 Å². The molecule has 0 aromatic carbocycles. The van der Waals surface area contributed by atoms with Crippen molar-refractivity contribution in [3.8, 4) is 0 Å². The maximum Gasteiger partial charge on any atom is 0.183 e. The monoisotopic (exact) mass is 130 g/mol. The van der Waals surface area contributed by atoms with Gasteiger partial charge in [-0.2, -0.15) is 0 Å². The van der Waals surface area contributed by atoms with Crippen molar-refractivity contribution in [1.82, 2.24) is 0 Å². The lowest BCUT2D eigenvalue weighted by atomic mass is 15.8. The Hall–Kier alpha value is 0.970. The molecule has 0 fully saturated rings. The van der Waals surface area contributed by atoms with Gasteiger partial charge in [-0.05, 0) is 25.8 Å². The van der Waals surface area contributed by atoms with E-state index in [2.05, 4.69) is 33.1 Å². The first kappa shape index (κ1) is 5.97. The van der Waals surface area contributed by atoms with Gasteiger partial charge < -0.3 is 0 Å². The van der Waals surface area contributed by atoms with Crippen molar-refractivity contribution >= 4 is 38.1 Å². The molecular weight excluding hydrogens is 128 g/mol. The molecule has 0 aliphatic rings. The predicted octanol–water partition coefficient (Wildman–Crippen LogP) is 1.27. The third-order valence-corrected chi connectivity index (χ3v) is 0.548. The molecular formula is H2O2S3. The van der Waals surface area contributed by atoms with Crippen LogP contribution in [0.4, 0.5) is 0 Å². The molecule has 0 rings (SSSR count). The molecule has 0 aliphatic heterocycles. The van der Waals surface area contributed by atoms with Gasteiger partial charge in [0.15, 0.2) is 12.3 Å². The van der Waals surface area contributed by atoms with E-state index in [1.165, 1.54) is 0 Å². The second-order valence-corrected chi connectivity index (χ2v) is 1.55. The summed E-state index contributed by atoms with van der Waals surface area (Å²) in [6.45, 7) is 0. The van der Waals surface area contributed by atoms with Crippen molar-refractivity contribution in [2.75, 3.05) is 0 Å². The summed E-state index contributed by atoms with van der Waals surface area (Å²) < 4.78 is 8.01. The van der Waals surface area contributed by atoms with E-state index in [1.807, 2.05) is 0 Å². The van der Waals surface area contributed by atoms with Gasteiger partial charge in [-0.3, -0.25) is 0 Å². The Kier molecular flexibility index (Phi) is 5.93. The van der Waals surface area contributed by atoms with Crippen LogP contribution in [0.1, 0.15) is 0 Å². The van der Waals surface area contributed by atoms with Crippen LogP contribution in [0.5, 0.6) is 0 Å². The van der Waals surface area contributed by atoms with Gasteiger partial charge in [-0.25, -0.2) is 7.26 Å². The first-order valence-corrected chi connectivity index (χ1v) is 2.10. The molecule has 0 saturated heterocycles. The van der Waals surface area contributed by atoms with Crippen LogP contribution in [0.3, 0.4) is 0 Å². The maximum atomic E-state index is 4.00. The number of rotatable bonds is 2. The van der Waals surface area contributed by atoms with Gasteiger partial charge in [0.25, 0.3) is 0 Å². The Bertz CT molecular complexity index is 12.4. The van der Waals surface area contributed by atoms with E-state index in [1.54, 1.807) is 0 Å². The summed E-state index contributed by atoms with van der Waals surface area (Å²) in [4.78, 5) is 0. The minimum absolute atomic E-state index is 0.691. The van der Waals surface area contributed by atoms with Crippen molar-refractivity contribution in [3.63, 3.8) is 0 Å². The van der Waals surface area contributed by atoms with Crippen LogP contribution in [0, 0.1) is 0 Å². The Morgan fingerprint density at radius 1 is 1.20 bits per heavy atom. The van der Waals surface area contributed by atoms with Crippen molar-refractivity contribution in [3.05, 3.63) is 0 Å².